The highest BCUT2D eigenvalue weighted by molar-refractivity contribution is 5.99. The number of nitrogens with one attached hydrogen (secondary N) is 1. The molecule has 0 saturated carbocycles. The van der Waals surface area contributed by atoms with Crippen molar-refractivity contribution < 1.29 is 23.3 Å². The Morgan fingerprint density at radius 3 is 2.64 bits per heavy atom. The molecular formula is C26H21FN8O4. The number of carbonyl (C=O) groups excluding carboxylic acids is 1. The average Bonchev–Trinajstić information content (AvgIpc) is 3.59. The van der Waals surface area contributed by atoms with E-state index in [0.717, 1.165) is 4.68 Å². The number of rotatable bonds is 9. The number of anilines is 1. The van der Waals surface area contributed by atoms with Gasteiger partial charge in [-0.25, -0.2) is 14.4 Å². The number of hydrogen-bond acceptors (Lipinski definition) is 10. The predicted octanol–water partition coefficient (Wildman–Crippen LogP) is 3.39. The number of nitrogens with zero attached hydrogens (tertiary/aromatic N) is 6. The number of benzene rings is 3. The third kappa shape index (κ3) is 5.41. The van der Waals surface area contributed by atoms with Gasteiger partial charge in [-0.05, 0) is 40.1 Å². The van der Waals surface area contributed by atoms with Crippen molar-refractivity contribution >= 4 is 17.9 Å². The number of ether oxygens (including phenoxy) is 2. The number of nitrogen functional groups attached to an aromatic ring is 1. The second-order valence-corrected chi connectivity index (χ2v) is 8.03. The van der Waals surface area contributed by atoms with Gasteiger partial charge in [-0.1, -0.05) is 53.7 Å². The second-order valence-electron chi connectivity index (χ2n) is 8.03. The molecule has 0 aliphatic rings. The largest absolute Gasteiger partial charge is 0.493 e. The van der Waals surface area contributed by atoms with Crippen LogP contribution in [0.2, 0.25) is 0 Å². The molecule has 0 saturated heterocycles. The maximum Gasteiger partial charge on any atom is 0.292 e. The maximum atomic E-state index is 13.9. The van der Waals surface area contributed by atoms with Crippen LogP contribution in [0.4, 0.5) is 10.2 Å². The molecule has 1 amide bonds. The molecule has 0 unspecified atom stereocenters. The zero-order valence-electron chi connectivity index (χ0n) is 20.5. The molecule has 2 heterocycles. The van der Waals surface area contributed by atoms with Crippen molar-refractivity contribution in [1.29, 1.82) is 0 Å². The molecule has 0 radical (unpaired) electrons. The lowest BCUT2D eigenvalue weighted by molar-refractivity contribution is 0.0947. The standard InChI is InChI=1S/C26H21FN8O4/c1-37-21-13-16(11-12-20(21)38-15-18-9-5-6-10-19(18)27)14-29-31-26(36)23-22(17-7-3-2-4-8-17)30-34-35(23)25-24(28)32-39-33-25/h2-14H,15H2,1H3,(H2,28,32)(H,31,36)/b29-14+. The van der Waals surface area contributed by atoms with E-state index in [4.69, 9.17) is 15.2 Å². The van der Waals surface area contributed by atoms with E-state index in [1.807, 2.05) is 6.07 Å². The van der Waals surface area contributed by atoms with Gasteiger partial charge in [0.1, 0.15) is 18.1 Å². The van der Waals surface area contributed by atoms with Gasteiger partial charge >= 0.3 is 0 Å². The fourth-order valence-electron chi connectivity index (χ4n) is 3.64. The Morgan fingerprint density at radius 2 is 1.90 bits per heavy atom. The monoisotopic (exact) mass is 528 g/mol. The van der Waals surface area contributed by atoms with Crippen molar-refractivity contribution in [2.75, 3.05) is 12.8 Å². The summed E-state index contributed by atoms with van der Waals surface area (Å²) in [6, 6.07) is 20.4. The average molecular weight is 529 g/mol. The number of aromatic nitrogens is 5. The summed E-state index contributed by atoms with van der Waals surface area (Å²) in [5.41, 5.74) is 10.2. The lowest BCUT2D eigenvalue weighted by Gasteiger charge is -2.11. The highest BCUT2D eigenvalue weighted by atomic mass is 19.1. The van der Waals surface area contributed by atoms with E-state index in [1.54, 1.807) is 60.7 Å². The second kappa shape index (κ2) is 11.2. The van der Waals surface area contributed by atoms with Crippen molar-refractivity contribution in [3.05, 3.63) is 95.4 Å². The predicted molar refractivity (Wildman–Crippen MR) is 138 cm³/mol. The van der Waals surface area contributed by atoms with Gasteiger partial charge in [0.2, 0.25) is 11.6 Å². The van der Waals surface area contributed by atoms with E-state index in [-0.39, 0.29) is 35.4 Å². The summed E-state index contributed by atoms with van der Waals surface area (Å²) in [5.74, 6) is -0.219. The molecule has 0 fully saturated rings. The molecule has 3 aromatic carbocycles. The highest BCUT2D eigenvalue weighted by Crippen LogP contribution is 2.29. The molecule has 5 aromatic rings. The number of hydrogen-bond donors (Lipinski definition) is 2. The normalized spacial score (nSPS) is 11.0. The minimum atomic E-state index is -0.630. The van der Waals surface area contributed by atoms with Gasteiger partial charge in [-0.2, -0.15) is 9.78 Å². The SMILES string of the molecule is COc1cc(/C=N/NC(=O)c2c(-c3ccccc3)nnn2-c2nonc2N)ccc1OCc1ccccc1F. The van der Waals surface area contributed by atoms with Crippen molar-refractivity contribution in [3.63, 3.8) is 0 Å². The van der Waals surface area contributed by atoms with Gasteiger partial charge in [-0.3, -0.25) is 4.79 Å². The molecule has 0 bridgehead atoms. The van der Waals surface area contributed by atoms with Crippen molar-refractivity contribution in [1.82, 2.24) is 30.7 Å². The molecular weight excluding hydrogens is 507 g/mol. The number of carbonyl (C=O) groups is 1. The molecule has 12 nitrogen and oxygen atoms in total. The lowest BCUT2D eigenvalue weighted by atomic mass is 10.1. The van der Waals surface area contributed by atoms with Crippen LogP contribution in [0.3, 0.4) is 0 Å². The van der Waals surface area contributed by atoms with Crippen LogP contribution in [-0.4, -0.2) is 44.5 Å². The van der Waals surface area contributed by atoms with Crippen LogP contribution in [0.1, 0.15) is 21.6 Å². The van der Waals surface area contributed by atoms with Crippen LogP contribution in [0.25, 0.3) is 17.1 Å². The molecule has 0 spiro atoms. The Bertz CT molecular complexity index is 1630. The smallest absolute Gasteiger partial charge is 0.292 e. The number of nitrogens with two attached hydrogens (primary N) is 1. The van der Waals surface area contributed by atoms with Crippen LogP contribution in [0.15, 0.2) is 82.5 Å². The lowest BCUT2D eigenvalue weighted by Crippen LogP contribution is -2.22. The summed E-state index contributed by atoms with van der Waals surface area (Å²) in [6.07, 6.45) is 1.42. The van der Waals surface area contributed by atoms with Crippen molar-refractivity contribution in [2.45, 2.75) is 6.61 Å². The summed E-state index contributed by atoms with van der Waals surface area (Å²) < 4.78 is 30.8. The van der Waals surface area contributed by atoms with Crippen LogP contribution in [0, 0.1) is 5.82 Å². The van der Waals surface area contributed by atoms with Crippen LogP contribution in [0.5, 0.6) is 11.5 Å². The van der Waals surface area contributed by atoms with E-state index < -0.39 is 5.91 Å². The van der Waals surface area contributed by atoms with Gasteiger partial charge in [0.15, 0.2) is 17.2 Å². The van der Waals surface area contributed by atoms with Crippen molar-refractivity contribution in [3.8, 4) is 28.6 Å². The van der Waals surface area contributed by atoms with E-state index in [2.05, 4.69) is 35.8 Å². The summed E-state index contributed by atoms with van der Waals surface area (Å²) in [7, 11) is 1.48. The number of amides is 1. The topological polar surface area (TPSA) is 156 Å². The van der Waals surface area contributed by atoms with E-state index in [9.17, 15) is 9.18 Å². The van der Waals surface area contributed by atoms with Crippen LogP contribution < -0.4 is 20.6 Å². The fraction of sp³-hybridized carbons (Fsp3) is 0.0769. The van der Waals surface area contributed by atoms with Crippen molar-refractivity contribution in [2.24, 2.45) is 5.10 Å². The number of hydrazone groups is 1. The Hall–Kier alpha value is -5.59. The van der Waals surface area contributed by atoms with Gasteiger partial charge in [0.05, 0.1) is 13.3 Å². The molecule has 13 heteroatoms. The zero-order chi connectivity index (χ0) is 27.2. The maximum absolute atomic E-state index is 13.9. The molecule has 0 aliphatic carbocycles. The molecule has 5 rings (SSSR count). The first-order valence-corrected chi connectivity index (χ1v) is 11.5. The molecule has 0 atom stereocenters. The Labute approximate surface area is 220 Å². The van der Waals surface area contributed by atoms with E-state index in [1.165, 1.54) is 19.4 Å². The van der Waals surface area contributed by atoms with Gasteiger partial charge in [0, 0.05) is 11.1 Å². The Morgan fingerprint density at radius 1 is 1.10 bits per heavy atom. The molecule has 196 valence electrons. The molecule has 2 aromatic heterocycles. The van der Waals surface area contributed by atoms with Gasteiger partial charge in [-0.15, -0.1) is 5.10 Å². The van der Waals surface area contributed by atoms with Gasteiger partial charge in [0.25, 0.3) is 5.91 Å². The Balaban J connectivity index is 1.34. The summed E-state index contributed by atoms with van der Waals surface area (Å²) in [5, 5.41) is 19.5. The third-order valence-corrected chi connectivity index (χ3v) is 5.54. The number of methoxy groups -OCH3 is 1. The van der Waals surface area contributed by atoms with E-state index in [0.29, 0.717) is 28.2 Å². The molecule has 3 N–H and O–H groups in total. The fourth-order valence-corrected chi connectivity index (χ4v) is 3.64. The first-order chi connectivity index (χ1) is 19.0. The van der Waals surface area contributed by atoms with Crippen LogP contribution >= 0.6 is 0 Å². The first kappa shape index (κ1) is 25.1. The first-order valence-electron chi connectivity index (χ1n) is 11.5. The quantitative estimate of drug-likeness (QED) is 0.216. The zero-order valence-corrected chi connectivity index (χ0v) is 20.5. The summed E-state index contributed by atoms with van der Waals surface area (Å²) in [6.45, 7) is 0.0313. The number of halogens is 1. The minimum Gasteiger partial charge on any atom is -0.493 e. The van der Waals surface area contributed by atoms with Gasteiger partial charge < -0.3 is 15.2 Å². The third-order valence-electron chi connectivity index (χ3n) is 5.54. The molecule has 39 heavy (non-hydrogen) atoms. The Kier molecular flexibility index (Phi) is 7.21. The highest BCUT2D eigenvalue weighted by Gasteiger charge is 2.25. The summed E-state index contributed by atoms with van der Waals surface area (Å²) >= 11 is 0. The minimum absolute atomic E-state index is 0.00881. The molecule has 0 aliphatic heterocycles. The van der Waals surface area contributed by atoms with E-state index >= 15 is 0 Å². The summed E-state index contributed by atoms with van der Waals surface area (Å²) in [4.78, 5) is 13.2. The van der Waals surface area contributed by atoms with Crippen LogP contribution in [-0.2, 0) is 6.61 Å².